The molecule has 3 heterocycles. The molecule has 2 aliphatic rings. The maximum absolute atomic E-state index is 12.7. The molecule has 1 unspecified atom stereocenters. The van der Waals surface area contributed by atoms with Gasteiger partial charge in [0.25, 0.3) is 0 Å². The standard InChI is InChI=1S/C18H30N4O2/c1-13-7-10-21(11-8-13)16(23)12-22-9-5-6-15(22)17-14(2)19-20(3)18(17)24-4/h13,15H,5-12H2,1-4H3. The molecule has 2 fully saturated rings. The Labute approximate surface area is 144 Å². The Morgan fingerprint density at radius 3 is 2.62 bits per heavy atom. The van der Waals surface area contributed by atoms with Gasteiger partial charge in [-0.1, -0.05) is 6.92 Å². The molecular formula is C18H30N4O2. The van der Waals surface area contributed by atoms with Crippen LogP contribution >= 0.6 is 0 Å². The van der Waals surface area contributed by atoms with E-state index in [1.54, 1.807) is 11.8 Å². The fourth-order valence-electron chi connectivity index (χ4n) is 4.15. The highest BCUT2D eigenvalue weighted by molar-refractivity contribution is 5.78. The van der Waals surface area contributed by atoms with Crippen LogP contribution in [-0.2, 0) is 11.8 Å². The third-order valence-electron chi connectivity index (χ3n) is 5.58. The summed E-state index contributed by atoms with van der Waals surface area (Å²) in [6, 6.07) is 0.237. The molecule has 3 rings (SSSR count). The van der Waals surface area contributed by atoms with Gasteiger partial charge >= 0.3 is 0 Å². The van der Waals surface area contributed by atoms with Gasteiger partial charge in [0.1, 0.15) is 0 Å². The highest BCUT2D eigenvalue weighted by Gasteiger charge is 2.34. The second-order valence-electron chi connectivity index (χ2n) is 7.32. The average Bonchev–Trinajstić information content (AvgIpc) is 3.10. The SMILES string of the molecule is COc1c(C2CCCN2CC(=O)N2CCC(C)CC2)c(C)nn1C. The summed E-state index contributed by atoms with van der Waals surface area (Å²) in [7, 11) is 3.61. The molecule has 0 bridgehead atoms. The number of carbonyl (C=O) groups is 1. The summed E-state index contributed by atoms with van der Waals surface area (Å²) in [4.78, 5) is 17.1. The van der Waals surface area contributed by atoms with Crippen LogP contribution in [0.3, 0.4) is 0 Å². The summed E-state index contributed by atoms with van der Waals surface area (Å²) in [5.74, 6) is 1.84. The van der Waals surface area contributed by atoms with Crippen LogP contribution in [0.4, 0.5) is 0 Å². The van der Waals surface area contributed by atoms with Crippen molar-refractivity contribution >= 4 is 5.91 Å². The van der Waals surface area contributed by atoms with Gasteiger partial charge < -0.3 is 9.64 Å². The number of aromatic nitrogens is 2. The molecule has 0 N–H and O–H groups in total. The van der Waals surface area contributed by atoms with Gasteiger partial charge in [-0.2, -0.15) is 5.10 Å². The number of hydrogen-bond donors (Lipinski definition) is 0. The van der Waals surface area contributed by atoms with E-state index in [0.29, 0.717) is 6.54 Å². The molecule has 1 amide bonds. The molecule has 0 aliphatic carbocycles. The Kier molecular flexibility index (Phi) is 5.13. The molecule has 6 heteroatoms. The van der Waals surface area contributed by atoms with E-state index in [9.17, 15) is 4.79 Å². The summed E-state index contributed by atoms with van der Waals surface area (Å²) in [6.45, 7) is 7.61. The van der Waals surface area contributed by atoms with Crippen LogP contribution in [0.15, 0.2) is 0 Å². The monoisotopic (exact) mass is 334 g/mol. The van der Waals surface area contributed by atoms with Crippen LogP contribution in [0.25, 0.3) is 0 Å². The van der Waals surface area contributed by atoms with Crippen LogP contribution in [0.5, 0.6) is 5.88 Å². The minimum Gasteiger partial charge on any atom is -0.481 e. The van der Waals surface area contributed by atoms with Crippen LogP contribution in [0.2, 0.25) is 0 Å². The first kappa shape index (κ1) is 17.3. The van der Waals surface area contributed by atoms with Gasteiger partial charge in [0.05, 0.1) is 24.9 Å². The number of amides is 1. The van der Waals surface area contributed by atoms with Crippen molar-refractivity contribution < 1.29 is 9.53 Å². The molecule has 134 valence electrons. The zero-order valence-corrected chi connectivity index (χ0v) is 15.4. The van der Waals surface area contributed by atoms with Crippen LogP contribution in [0, 0.1) is 12.8 Å². The van der Waals surface area contributed by atoms with Gasteiger partial charge in [-0.05, 0) is 45.1 Å². The van der Waals surface area contributed by atoms with Gasteiger partial charge in [-0.15, -0.1) is 0 Å². The van der Waals surface area contributed by atoms with Crippen molar-refractivity contribution in [3.63, 3.8) is 0 Å². The van der Waals surface area contributed by atoms with Crippen LogP contribution in [0.1, 0.15) is 49.9 Å². The van der Waals surface area contributed by atoms with Crippen LogP contribution in [-0.4, -0.2) is 58.8 Å². The highest BCUT2D eigenvalue weighted by atomic mass is 16.5. The second-order valence-corrected chi connectivity index (χ2v) is 7.32. The topological polar surface area (TPSA) is 50.6 Å². The maximum atomic E-state index is 12.7. The number of ether oxygens (including phenoxy) is 1. The van der Waals surface area contributed by atoms with Gasteiger partial charge in [-0.25, -0.2) is 4.68 Å². The smallest absolute Gasteiger partial charge is 0.236 e. The minimum absolute atomic E-state index is 0.237. The maximum Gasteiger partial charge on any atom is 0.236 e. The molecule has 1 aromatic rings. The number of rotatable bonds is 4. The predicted molar refractivity (Wildman–Crippen MR) is 93.0 cm³/mol. The Bertz CT molecular complexity index is 590. The summed E-state index contributed by atoms with van der Waals surface area (Å²) in [5.41, 5.74) is 2.16. The lowest BCUT2D eigenvalue weighted by atomic mass is 9.99. The first-order chi connectivity index (χ1) is 11.5. The quantitative estimate of drug-likeness (QED) is 0.846. The number of carbonyl (C=O) groups excluding carboxylic acids is 1. The average molecular weight is 334 g/mol. The Morgan fingerprint density at radius 1 is 1.25 bits per heavy atom. The van der Waals surface area contributed by atoms with E-state index in [0.717, 1.165) is 68.4 Å². The minimum atomic E-state index is 0.237. The molecule has 2 saturated heterocycles. The molecule has 0 saturated carbocycles. The van der Waals surface area contributed by atoms with Crippen molar-refractivity contribution in [1.29, 1.82) is 0 Å². The lowest BCUT2D eigenvalue weighted by Gasteiger charge is -2.33. The molecular weight excluding hydrogens is 304 g/mol. The number of nitrogens with zero attached hydrogens (tertiary/aromatic N) is 4. The third-order valence-corrected chi connectivity index (χ3v) is 5.58. The lowest BCUT2D eigenvalue weighted by molar-refractivity contribution is -0.134. The zero-order valence-electron chi connectivity index (χ0n) is 15.4. The van der Waals surface area contributed by atoms with E-state index in [1.807, 2.05) is 18.9 Å². The predicted octanol–water partition coefficient (Wildman–Crippen LogP) is 2.13. The Balaban J connectivity index is 1.71. The molecule has 2 aliphatic heterocycles. The van der Waals surface area contributed by atoms with Crippen molar-refractivity contribution in [3.8, 4) is 5.88 Å². The van der Waals surface area contributed by atoms with E-state index in [1.165, 1.54) is 0 Å². The van der Waals surface area contributed by atoms with Crippen molar-refractivity contribution in [1.82, 2.24) is 19.6 Å². The summed E-state index contributed by atoms with van der Waals surface area (Å²) in [6.07, 6.45) is 4.44. The lowest BCUT2D eigenvalue weighted by Crippen LogP contribution is -2.43. The fourth-order valence-corrected chi connectivity index (χ4v) is 4.15. The number of aryl methyl sites for hydroxylation is 2. The fraction of sp³-hybridized carbons (Fsp3) is 0.778. The van der Waals surface area contributed by atoms with E-state index < -0.39 is 0 Å². The first-order valence-electron chi connectivity index (χ1n) is 9.10. The normalized spacial score (nSPS) is 23.0. The molecule has 1 aromatic heterocycles. The summed E-state index contributed by atoms with van der Waals surface area (Å²) < 4.78 is 7.37. The van der Waals surface area contributed by atoms with Gasteiger partial charge in [0.2, 0.25) is 11.8 Å². The zero-order chi connectivity index (χ0) is 17.3. The van der Waals surface area contributed by atoms with E-state index in [2.05, 4.69) is 16.9 Å². The summed E-state index contributed by atoms with van der Waals surface area (Å²) >= 11 is 0. The molecule has 6 nitrogen and oxygen atoms in total. The largest absolute Gasteiger partial charge is 0.481 e. The molecule has 0 spiro atoms. The summed E-state index contributed by atoms with van der Waals surface area (Å²) in [5, 5.41) is 4.51. The van der Waals surface area contributed by atoms with E-state index in [-0.39, 0.29) is 11.9 Å². The molecule has 24 heavy (non-hydrogen) atoms. The first-order valence-corrected chi connectivity index (χ1v) is 9.10. The van der Waals surface area contributed by atoms with E-state index >= 15 is 0 Å². The molecule has 0 aromatic carbocycles. The van der Waals surface area contributed by atoms with Crippen LogP contribution < -0.4 is 4.74 Å². The Morgan fingerprint density at radius 2 is 1.96 bits per heavy atom. The van der Waals surface area contributed by atoms with Crippen molar-refractivity contribution in [2.75, 3.05) is 33.3 Å². The Hall–Kier alpha value is -1.56. The number of hydrogen-bond acceptors (Lipinski definition) is 4. The number of methoxy groups -OCH3 is 1. The van der Waals surface area contributed by atoms with Crippen molar-refractivity contribution in [3.05, 3.63) is 11.3 Å². The second kappa shape index (κ2) is 7.13. The van der Waals surface area contributed by atoms with E-state index in [4.69, 9.17) is 4.74 Å². The molecule has 1 atom stereocenters. The third kappa shape index (κ3) is 3.29. The van der Waals surface area contributed by atoms with Gasteiger partial charge in [-0.3, -0.25) is 9.69 Å². The van der Waals surface area contributed by atoms with Gasteiger partial charge in [0, 0.05) is 26.2 Å². The number of likely N-dealkylation sites (tertiary alicyclic amines) is 2. The highest BCUT2D eigenvalue weighted by Crippen LogP contribution is 2.38. The van der Waals surface area contributed by atoms with Gasteiger partial charge in [0.15, 0.2) is 0 Å². The number of piperidine rings is 1. The molecule has 0 radical (unpaired) electrons. The van der Waals surface area contributed by atoms with Crippen molar-refractivity contribution in [2.45, 2.75) is 45.6 Å². The van der Waals surface area contributed by atoms with Crippen molar-refractivity contribution in [2.24, 2.45) is 13.0 Å².